The van der Waals surface area contributed by atoms with Gasteiger partial charge in [0.1, 0.15) is 17.2 Å². The zero-order valence-corrected chi connectivity index (χ0v) is 11.6. The van der Waals surface area contributed by atoms with Crippen molar-refractivity contribution in [3.05, 3.63) is 47.3 Å². The van der Waals surface area contributed by atoms with Crippen LogP contribution in [0.15, 0.2) is 35.6 Å². The van der Waals surface area contributed by atoms with Crippen molar-refractivity contribution in [3.8, 4) is 0 Å². The van der Waals surface area contributed by atoms with Crippen LogP contribution in [0.25, 0.3) is 0 Å². The van der Waals surface area contributed by atoms with E-state index in [1.807, 2.05) is 12.3 Å². The smallest absolute Gasteiger partial charge is 0.130 e. The van der Waals surface area contributed by atoms with Gasteiger partial charge < -0.3 is 10.6 Å². The van der Waals surface area contributed by atoms with E-state index in [2.05, 4.69) is 38.8 Å². The molecule has 4 nitrogen and oxygen atoms in total. The lowest BCUT2D eigenvalue weighted by Crippen LogP contribution is -2.02. The summed E-state index contributed by atoms with van der Waals surface area (Å²) in [6.07, 6.45) is 3.61. The second kappa shape index (κ2) is 5.59. The van der Waals surface area contributed by atoms with E-state index in [1.54, 1.807) is 18.1 Å². The van der Waals surface area contributed by atoms with Crippen LogP contribution in [0.1, 0.15) is 16.7 Å². The fourth-order valence-corrected chi connectivity index (χ4v) is 2.58. The summed E-state index contributed by atoms with van der Waals surface area (Å²) in [7, 11) is 0. The van der Waals surface area contributed by atoms with E-state index >= 15 is 0 Å². The normalized spacial score (nSPS) is 13.3. The maximum Gasteiger partial charge on any atom is 0.130 e. The largest absolute Gasteiger partial charge is 0.366 e. The van der Waals surface area contributed by atoms with Crippen LogP contribution in [0.2, 0.25) is 0 Å². The number of anilines is 1. The lowest BCUT2D eigenvalue weighted by Gasteiger charge is -2.07. The van der Waals surface area contributed by atoms with Crippen LogP contribution in [0.4, 0.5) is 5.82 Å². The molecule has 3 rings (SSSR count). The number of hydrogen-bond acceptors (Lipinski definition) is 5. The third kappa shape index (κ3) is 2.88. The number of aromatic nitrogens is 2. The Labute approximate surface area is 117 Å². The lowest BCUT2D eigenvalue weighted by molar-refractivity contribution is 0.764. The topological polar surface area (TPSA) is 49.8 Å². The first-order valence-corrected chi connectivity index (χ1v) is 7.49. The highest BCUT2D eigenvalue weighted by molar-refractivity contribution is 7.98. The van der Waals surface area contributed by atoms with Crippen LogP contribution in [0.5, 0.6) is 0 Å². The van der Waals surface area contributed by atoms with Gasteiger partial charge in [-0.2, -0.15) is 0 Å². The highest BCUT2D eigenvalue weighted by Crippen LogP contribution is 2.18. The molecule has 1 aliphatic heterocycles. The summed E-state index contributed by atoms with van der Waals surface area (Å²) >= 11 is 1.62. The van der Waals surface area contributed by atoms with Crippen molar-refractivity contribution in [1.29, 1.82) is 0 Å². The molecule has 0 saturated carbocycles. The summed E-state index contributed by atoms with van der Waals surface area (Å²) in [5.41, 5.74) is 4.11. The molecule has 1 aliphatic rings. The number of rotatable bonds is 4. The van der Waals surface area contributed by atoms with Gasteiger partial charge in [-0.05, 0) is 22.9 Å². The Kier molecular flexibility index (Phi) is 3.66. The van der Waals surface area contributed by atoms with Gasteiger partial charge in [0.05, 0.1) is 0 Å². The van der Waals surface area contributed by atoms with E-state index in [4.69, 9.17) is 0 Å². The number of nitrogens with zero attached hydrogens (tertiary/aromatic N) is 2. The standard InChI is InChI=1S/C14H16N4S/c1-19-14-5-13(17-9-18-14)16-6-10-2-3-11-7-15-8-12(11)4-10/h2-5,9,15H,6-8H2,1H3,(H,16,17,18). The Bertz CT molecular complexity index is 585. The van der Waals surface area contributed by atoms with Crippen LogP contribution in [0, 0.1) is 0 Å². The molecule has 1 aromatic carbocycles. The molecule has 0 aliphatic carbocycles. The molecule has 0 bridgehead atoms. The lowest BCUT2D eigenvalue weighted by atomic mass is 10.1. The average Bonchev–Trinajstić information content (AvgIpc) is 2.93. The number of thioether (sulfide) groups is 1. The highest BCUT2D eigenvalue weighted by atomic mass is 32.2. The third-order valence-electron chi connectivity index (χ3n) is 3.23. The summed E-state index contributed by atoms with van der Waals surface area (Å²) in [5, 5.41) is 7.68. The van der Waals surface area contributed by atoms with Gasteiger partial charge in [-0.3, -0.25) is 0 Å². The molecule has 0 fully saturated rings. The van der Waals surface area contributed by atoms with E-state index in [0.717, 1.165) is 30.5 Å². The van der Waals surface area contributed by atoms with Crippen molar-refractivity contribution in [2.24, 2.45) is 0 Å². The Balaban J connectivity index is 1.68. The molecule has 0 radical (unpaired) electrons. The van der Waals surface area contributed by atoms with Gasteiger partial charge in [0, 0.05) is 25.7 Å². The van der Waals surface area contributed by atoms with E-state index < -0.39 is 0 Å². The number of hydrogen-bond donors (Lipinski definition) is 2. The number of fused-ring (bicyclic) bond motifs is 1. The van der Waals surface area contributed by atoms with Crippen molar-refractivity contribution in [1.82, 2.24) is 15.3 Å². The number of benzene rings is 1. The summed E-state index contributed by atoms with van der Waals surface area (Å²) in [4.78, 5) is 8.39. The minimum absolute atomic E-state index is 0.790. The van der Waals surface area contributed by atoms with Crippen molar-refractivity contribution in [2.75, 3.05) is 11.6 Å². The first-order chi connectivity index (χ1) is 9.35. The van der Waals surface area contributed by atoms with E-state index in [0.29, 0.717) is 0 Å². The summed E-state index contributed by atoms with van der Waals surface area (Å²) < 4.78 is 0. The monoisotopic (exact) mass is 272 g/mol. The summed E-state index contributed by atoms with van der Waals surface area (Å²) in [6.45, 7) is 2.76. The predicted molar refractivity (Wildman–Crippen MR) is 78.1 cm³/mol. The third-order valence-corrected chi connectivity index (χ3v) is 3.87. The average molecular weight is 272 g/mol. The number of nitrogens with one attached hydrogen (secondary N) is 2. The van der Waals surface area contributed by atoms with Gasteiger partial charge in [-0.25, -0.2) is 9.97 Å². The molecule has 2 heterocycles. The maximum absolute atomic E-state index is 4.23. The molecule has 0 unspecified atom stereocenters. The summed E-state index contributed by atoms with van der Waals surface area (Å²) in [5.74, 6) is 0.873. The quantitative estimate of drug-likeness (QED) is 0.661. The molecule has 0 spiro atoms. The minimum Gasteiger partial charge on any atom is -0.366 e. The molecular formula is C14H16N4S. The van der Waals surface area contributed by atoms with Crippen molar-refractivity contribution >= 4 is 17.6 Å². The van der Waals surface area contributed by atoms with Crippen molar-refractivity contribution in [3.63, 3.8) is 0 Å². The first-order valence-electron chi connectivity index (χ1n) is 6.26. The van der Waals surface area contributed by atoms with Gasteiger partial charge in [-0.15, -0.1) is 11.8 Å². The van der Waals surface area contributed by atoms with Crippen LogP contribution in [-0.2, 0) is 19.6 Å². The Morgan fingerprint density at radius 1 is 1.21 bits per heavy atom. The zero-order chi connectivity index (χ0) is 13.1. The van der Waals surface area contributed by atoms with Crippen molar-refractivity contribution < 1.29 is 0 Å². The van der Waals surface area contributed by atoms with Gasteiger partial charge in [0.25, 0.3) is 0 Å². The van der Waals surface area contributed by atoms with Gasteiger partial charge in [0.15, 0.2) is 0 Å². The summed E-state index contributed by atoms with van der Waals surface area (Å²) in [6, 6.07) is 8.62. The fourth-order valence-electron chi connectivity index (χ4n) is 2.20. The second-order valence-electron chi connectivity index (χ2n) is 4.51. The van der Waals surface area contributed by atoms with E-state index in [-0.39, 0.29) is 0 Å². The molecule has 1 aromatic heterocycles. The first kappa shape index (κ1) is 12.4. The van der Waals surface area contributed by atoms with Crippen LogP contribution in [0.3, 0.4) is 0 Å². The minimum atomic E-state index is 0.790. The maximum atomic E-state index is 4.23. The predicted octanol–water partition coefficient (Wildman–Crippen LogP) is 2.41. The van der Waals surface area contributed by atoms with Crippen molar-refractivity contribution in [2.45, 2.75) is 24.7 Å². The molecule has 2 aromatic rings. The van der Waals surface area contributed by atoms with Gasteiger partial charge in [-0.1, -0.05) is 18.2 Å². The van der Waals surface area contributed by atoms with Crippen LogP contribution >= 0.6 is 11.8 Å². The van der Waals surface area contributed by atoms with Gasteiger partial charge in [0.2, 0.25) is 0 Å². The SMILES string of the molecule is CSc1cc(NCc2ccc3c(c2)CNC3)ncn1. The Morgan fingerprint density at radius 3 is 3.00 bits per heavy atom. The molecular weight excluding hydrogens is 256 g/mol. The van der Waals surface area contributed by atoms with Crippen LogP contribution in [-0.4, -0.2) is 16.2 Å². The van der Waals surface area contributed by atoms with E-state index in [1.165, 1.54) is 16.7 Å². The van der Waals surface area contributed by atoms with Crippen LogP contribution < -0.4 is 10.6 Å². The molecule has 98 valence electrons. The Hall–Kier alpha value is -1.59. The Morgan fingerprint density at radius 2 is 2.11 bits per heavy atom. The molecule has 2 N–H and O–H groups in total. The molecule has 0 atom stereocenters. The highest BCUT2D eigenvalue weighted by Gasteiger charge is 2.09. The van der Waals surface area contributed by atoms with E-state index in [9.17, 15) is 0 Å². The molecule has 19 heavy (non-hydrogen) atoms. The molecule has 5 heteroatoms. The second-order valence-corrected chi connectivity index (χ2v) is 5.33. The molecule has 0 amide bonds. The zero-order valence-electron chi connectivity index (χ0n) is 10.8. The molecule has 0 saturated heterocycles. The van der Waals surface area contributed by atoms with Gasteiger partial charge >= 0.3 is 0 Å². The fraction of sp³-hybridized carbons (Fsp3) is 0.286.